The first-order chi connectivity index (χ1) is 8.59. The van der Waals surface area contributed by atoms with Crippen LogP contribution < -0.4 is 0 Å². The highest BCUT2D eigenvalue weighted by molar-refractivity contribution is 5.57. The predicted molar refractivity (Wildman–Crippen MR) is 60.0 cm³/mol. The summed E-state index contributed by atoms with van der Waals surface area (Å²) in [5, 5.41) is 29.8. The molecule has 3 nitrogen and oxygen atoms in total. The topological polar surface area (TPSA) is 60.7 Å². The molecule has 7 saturated carbocycles. The van der Waals surface area contributed by atoms with Crippen LogP contribution in [0.4, 0.5) is 0 Å². The third-order valence-corrected chi connectivity index (χ3v) is 8.41. The van der Waals surface area contributed by atoms with Gasteiger partial charge in [0.1, 0.15) is 0 Å². The summed E-state index contributed by atoms with van der Waals surface area (Å²) in [4.78, 5) is 0. The fourth-order valence-corrected chi connectivity index (χ4v) is 7.39. The van der Waals surface area contributed by atoms with E-state index in [1.165, 1.54) is 0 Å². The Morgan fingerprint density at radius 1 is 0.944 bits per heavy atom. The van der Waals surface area contributed by atoms with Crippen molar-refractivity contribution in [2.45, 2.75) is 24.7 Å². The van der Waals surface area contributed by atoms with Crippen LogP contribution in [0.3, 0.4) is 0 Å². The van der Waals surface area contributed by atoms with Gasteiger partial charge in [-0.2, -0.15) is 0 Å². The molecule has 18 heavy (non-hydrogen) atoms. The first kappa shape index (κ1) is 8.93. The van der Waals surface area contributed by atoms with Gasteiger partial charge in [0.25, 0.3) is 0 Å². The lowest BCUT2D eigenvalue weighted by atomic mass is 9.86. The quantitative estimate of drug-likeness (QED) is 0.641. The molecule has 7 rings (SSSR count). The summed E-state index contributed by atoms with van der Waals surface area (Å²) in [5.74, 6) is 6.76. The molecule has 0 aromatic rings. The Morgan fingerprint density at radius 3 is 2.11 bits per heavy atom. The van der Waals surface area contributed by atoms with Crippen molar-refractivity contribution >= 4 is 0 Å². The standard InChI is InChI=1S/C15H18O3/c1-2(16)7-10-11-13(14(7,10)11)15(18)8-6(9(8)15)3-4-5(3)12(4)17/h2-13,16-18H,1H3. The Hall–Kier alpha value is -0.120. The van der Waals surface area contributed by atoms with Gasteiger partial charge in [-0.3, -0.25) is 0 Å². The van der Waals surface area contributed by atoms with Crippen molar-refractivity contribution < 1.29 is 15.3 Å². The first-order valence-corrected chi connectivity index (χ1v) is 7.67. The van der Waals surface area contributed by atoms with Gasteiger partial charge in [0, 0.05) is 0 Å². The first-order valence-electron chi connectivity index (χ1n) is 7.67. The van der Waals surface area contributed by atoms with Crippen LogP contribution >= 0.6 is 0 Å². The molecule has 0 heterocycles. The van der Waals surface area contributed by atoms with E-state index in [1.807, 2.05) is 6.92 Å². The molecular formula is C15H18O3. The minimum absolute atomic E-state index is 0.0310. The van der Waals surface area contributed by atoms with Crippen LogP contribution in [0.1, 0.15) is 6.92 Å². The highest BCUT2D eigenvalue weighted by atomic mass is 16.3. The largest absolute Gasteiger partial charge is 0.393 e. The second-order valence-corrected chi connectivity index (χ2v) is 8.53. The Bertz CT molecular complexity index is 524. The molecule has 7 fully saturated rings. The van der Waals surface area contributed by atoms with Crippen molar-refractivity contribution in [2.75, 3.05) is 0 Å². The molecule has 1 spiro atoms. The molecule has 3 heteroatoms. The maximum atomic E-state index is 10.7. The highest BCUT2D eigenvalue weighted by Gasteiger charge is 3.11. The Morgan fingerprint density at radius 2 is 1.61 bits per heavy atom. The molecule has 0 radical (unpaired) electrons. The van der Waals surface area contributed by atoms with Gasteiger partial charge in [0.05, 0.1) is 17.8 Å². The smallest absolute Gasteiger partial charge is 0.0753 e. The zero-order chi connectivity index (χ0) is 11.9. The fraction of sp³-hybridized carbons (Fsp3) is 1.00. The maximum absolute atomic E-state index is 10.7. The molecule has 3 N–H and O–H groups in total. The van der Waals surface area contributed by atoms with Gasteiger partial charge in [-0.25, -0.2) is 0 Å². The Labute approximate surface area is 105 Å². The number of fused-ring (bicyclic) bond motifs is 3. The number of hydrogen-bond acceptors (Lipinski definition) is 3. The van der Waals surface area contributed by atoms with Crippen LogP contribution in [-0.2, 0) is 0 Å². The Kier molecular flexibility index (Phi) is 0.922. The van der Waals surface area contributed by atoms with Crippen LogP contribution in [0.5, 0.6) is 0 Å². The zero-order valence-corrected chi connectivity index (χ0v) is 10.3. The molecule has 0 aromatic heterocycles. The van der Waals surface area contributed by atoms with Crippen LogP contribution in [0.15, 0.2) is 0 Å². The van der Waals surface area contributed by atoms with E-state index >= 15 is 0 Å². The minimum atomic E-state index is -0.296. The van der Waals surface area contributed by atoms with Crippen LogP contribution in [0, 0.1) is 64.6 Å². The lowest BCUT2D eigenvalue weighted by molar-refractivity contribution is 0.0124. The molecule has 0 bridgehead atoms. The molecule has 0 aliphatic heterocycles. The van der Waals surface area contributed by atoms with Crippen molar-refractivity contribution in [1.29, 1.82) is 0 Å². The lowest BCUT2D eigenvalue weighted by Gasteiger charge is -2.25. The van der Waals surface area contributed by atoms with E-state index in [2.05, 4.69) is 0 Å². The summed E-state index contributed by atoms with van der Waals surface area (Å²) in [6, 6.07) is 0. The molecular weight excluding hydrogens is 228 g/mol. The molecule has 0 amide bonds. The molecule has 7 aliphatic carbocycles. The summed E-state index contributed by atoms with van der Waals surface area (Å²) >= 11 is 0. The second-order valence-electron chi connectivity index (χ2n) is 8.53. The Balaban J connectivity index is 1.09. The minimum Gasteiger partial charge on any atom is -0.393 e. The van der Waals surface area contributed by atoms with Crippen molar-refractivity contribution in [3.8, 4) is 0 Å². The molecule has 96 valence electrons. The van der Waals surface area contributed by atoms with E-state index in [-0.39, 0.29) is 17.8 Å². The number of rotatable bonds is 3. The normalized spacial score (nSPS) is 91.0. The number of aliphatic hydroxyl groups excluding tert-OH is 2. The van der Waals surface area contributed by atoms with Gasteiger partial charge in [-0.15, -0.1) is 0 Å². The fourth-order valence-electron chi connectivity index (χ4n) is 7.39. The second kappa shape index (κ2) is 1.86. The summed E-state index contributed by atoms with van der Waals surface area (Å²) < 4.78 is 0. The summed E-state index contributed by atoms with van der Waals surface area (Å²) in [6.45, 7) is 1.91. The molecule has 0 saturated heterocycles. The average Bonchev–Trinajstić information content (AvgIpc) is 3.02. The van der Waals surface area contributed by atoms with Gasteiger partial charge in [-0.05, 0) is 71.5 Å². The van der Waals surface area contributed by atoms with Gasteiger partial charge in [0.2, 0.25) is 0 Å². The zero-order valence-electron chi connectivity index (χ0n) is 10.3. The number of hydrogen-bond donors (Lipinski definition) is 3. The van der Waals surface area contributed by atoms with E-state index in [9.17, 15) is 15.3 Å². The van der Waals surface area contributed by atoms with Gasteiger partial charge < -0.3 is 15.3 Å². The van der Waals surface area contributed by atoms with E-state index < -0.39 is 0 Å². The molecule has 10 atom stereocenters. The summed E-state index contributed by atoms with van der Waals surface area (Å²) in [6.07, 6.45) is -0.125. The van der Waals surface area contributed by atoms with E-state index in [0.717, 1.165) is 23.7 Å². The molecule has 0 aromatic carbocycles. The van der Waals surface area contributed by atoms with E-state index in [1.54, 1.807) is 0 Å². The highest BCUT2D eigenvalue weighted by Crippen LogP contribution is 3.09. The lowest BCUT2D eigenvalue weighted by Crippen LogP contribution is -2.32. The van der Waals surface area contributed by atoms with Crippen LogP contribution in [0.2, 0.25) is 0 Å². The predicted octanol–water partition coefficient (Wildman–Crippen LogP) is -0.297. The van der Waals surface area contributed by atoms with Crippen molar-refractivity contribution in [2.24, 2.45) is 64.6 Å². The van der Waals surface area contributed by atoms with Gasteiger partial charge in [-0.1, -0.05) is 0 Å². The van der Waals surface area contributed by atoms with E-state index in [0.29, 0.717) is 40.9 Å². The van der Waals surface area contributed by atoms with Crippen molar-refractivity contribution in [3.05, 3.63) is 0 Å². The summed E-state index contributed by atoms with van der Waals surface area (Å²) in [7, 11) is 0. The number of aliphatic hydroxyl groups is 3. The van der Waals surface area contributed by atoms with Crippen molar-refractivity contribution in [1.82, 2.24) is 0 Å². The van der Waals surface area contributed by atoms with Crippen LogP contribution in [-0.4, -0.2) is 33.1 Å². The third-order valence-electron chi connectivity index (χ3n) is 8.41. The van der Waals surface area contributed by atoms with Gasteiger partial charge >= 0.3 is 0 Å². The molecule has 7 aliphatic rings. The average molecular weight is 246 g/mol. The van der Waals surface area contributed by atoms with Gasteiger partial charge in [0.15, 0.2) is 0 Å². The monoisotopic (exact) mass is 246 g/mol. The maximum Gasteiger partial charge on any atom is 0.0753 e. The summed E-state index contributed by atoms with van der Waals surface area (Å²) in [5.41, 5.74) is 0.141. The van der Waals surface area contributed by atoms with Crippen molar-refractivity contribution in [3.63, 3.8) is 0 Å². The van der Waals surface area contributed by atoms with E-state index in [4.69, 9.17) is 0 Å². The SMILES string of the molecule is CC(O)C1C2C3C(C4(O)C5C(C6C7C(O)C76)C54)C123. The third kappa shape index (κ3) is 0.551. The van der Waals surface area contributed by atoms with Crippen LogP contribution in [0.25, 0.3) is 0 Å². The molecule has 10 unspecified atom stereocenters.